The van der Waals surface area contributed by atoms with Crippen molar-refractivity contribution in [3.8, 4) is 0 Å². The Bertz CT molecular complexity index is 1080. The van der Waals surface area contributed by atoms with Gasteiger partial charge in [-0.1, -0.05) is 42.5 Å². The van der Waals surface area contributed by atoms with Crippen molar-refractivity contribution < 1.29 is 27.1 Å². The molecule has 1 atom stereocenters. The minimum absolute atomic E-state index is 0.0201. The van der Waals surface area contributed by atoms with Gasteiger partial charge in [-0.05, 0) is 50.5 Å². The van der Waals surface area contributed by atoms with Crippen LogP contribution >= 0.6 is 0 Å². The second-order valence-electron chi connectivity index (χ2n) is 8.90. The molecule has 0 spiro atoms. The maximum atomic E-state index is 13.4. The summed E-state index contributed by atoms with van der Waals surface area (Å²) in [5, 5.41) is 2.81. The van der Waals surface area contributed by atoms with E-state index in [0.29, 0.717) is 25.1 Å². The quantitative estimate of drug-likeness (QED) is 0.386. The standard InChI is InChI=1S/C26H36FN3O5S/c1-20(2)35-16-8-15-28-26(32)21(3)30(18-23-11-13-24(27)14-12-23)25(31)19-29(36(4,33)34)17-22-9-6-5-7-10-22/h5-7,9-14,20-21H,8,15-19H2,1-4H3,(H,28,32)/t21-/m0/s1. The first-order valence-electron chi connectivity index (χ1n) is 11.9. The summed E-state index contributed by atoms with van der Waals surface area (Å²) in [5.41, 5.74) is 1.35. The molecular weight excluding hydrogens is 485 g/mol. The average molecular weight is 522 g/mol. The van der Waals surface area contributed by atoms with Crippen LogP contribution in [0.3, 0.4) is 0 Å². The van der Waals surface area contributed by atoms with Gasteiger partial charge in [0.05, 0.1) is 18.9 Å². The summed E-state index contributed by atoms with van der Waals surface area (Å²) in [4.78, 5) is 27.6. The van der Waals surface area contributed by atoms with Gasteiger partial charge in [0, 0.05) is 26.2 Å². The van der Waals surface area contributed by atoms with Gasteiger partial charge < -0.3 is 15.0 Å². The second kappa shape index (κ2) is 14.1. The highest BCUT2D eigenvalue weighted by molar-refractivity contribution is 7.88. The zero-order chi connectivity index (χ0) is 26.7. The van der Waals surface area contributed by atoms with Crippen LogP contribution in [-0.4, -0.2) is 67.5 Å². The fraction of sp³-hybridized carbons (Fsp3) is 0.462. The van der Waals surface area contributed by atoms with E-state index in [1.807, 2.05) is 19.9 Å². The minimum atomic E-state index is -3.72. The number of ether oxygens (including phenoxy) is 1. The van der Waals surface area contributed by atoms with Crippen molar-refractivity contribution >= 4 is 21.8 Å². The number of hydrogen-bond donors (Lipinski definition) is 1. The lowest BCUT2D eigenvalue weighted by Crippen LogP contribution is -2.51. The molecule has 0 bridgehead atoms. The summed E-state index contributed by atoms with van der Waals surface area (Å²) in [6, 6.07) is 13.7. The molecule has 0 aromatic heterocycles. The number of carbonyl (C=O) groups excluding carboxylic acids is 2. The Morgan fingerprint density at radius 3 is 2.17 bits per heavy atom. The van der Waals surface area contributed by atoms with Gasteiger partial charge in [0.25, 0.3) is 0 Å². The van der Waals surface area contributed by atoms with Crippen molar-refractivity contribution in [2.75, 3.05) is 26.0 Å². The number of nitrogens with one attached hydrogen (secondary N) is 1. The number of nitrogens with zero attached hydrogens (tertiary/aromatic N) is 2. The number of carbonyl (C=O) groups is 2. The van der Waals surface area contributed by atoms with Crippen LogP contribution in [0.4, 0.5) is 4.39 Å². The molecular formula is C26H36FN3O5S. The van der Waals surface area contributed by atoms with Gasteiger partial charge in [0.15, 0.2) is 0 Å². The third-order valence-corrected chi connectivity index (χ3v) is 6.68. The minimum Gasteiger partial charge on any atom is -0.379 e. The zero-order valence-corrected chi connectivity index (χ0v) is 22.1. The van der Waals surface area contributed by atoms with E-state index in [-0.39, 0.29) is 25.1 Å². The van der Waals surface area contributed by atoms with Crippen molar-refractivity contribution in [1.82, 2.24) is 14.5 Å². The van der Waals surface area contributed by atoms with Crippen LogP contribution in [0.15, 0.2) is 54.6 Å². The lowest BCUT2D eigenvalue weighted by molar-refractivity contribution is -0.140. The highest BCUT2D eigenvalue weighted by Gasteiger charge is 2.29. The fourth-order valence-corrected chi connectivity index (χ4v) is 4.17. The monoisotopic (exact) mass is 521 g/mol. The largest absolute Gasteiger partial charge is 0.379 e. The van der Waals surface area contributed by atoms with E-state index in [1.165, 1.54) is 29.2 Å². The highest BCUT2D eigenvalue weighted by atomic mass is 32.2. The summed E-state index contributed by atoms with van der Waals surface area (Å²) in [6.45, 7) is 5.91. The summed E-state index contributed by atoms with van der Waals surface area (Å²) in [6.07, 6.45) is 1.75. The Balaban J connectivity index is 2.18. The maximum absolute atomic E-state index is 13.4. The molecule has 2 aromatic rings. The number of benzene rings is 2. The van der Waals surface area contributed by atoms with Crippen LogP contribution in [0.2, 0.25) is 0 Å². The molecule has 0 saturated heterocycles. The van der Waals surface area contributed by atoms with E-state index in [9.17, 15) is 22.4 Å². The first kappa shape index (κ1) is 29.4. The summed E-state index contributed by atoms with van der Waals surface area (Å²) >= 11 is 0. The Hall–Kier alpha value is -2.82. The molecule has 0 saturated carbocycles. The molecule has 198 valence electrons. The summed E-state index contributed by atoms with van der Waals surface area (Å²) in [5.74, 6) is -1.33. The number of rotatable bonds is 14. The predicted molar refractivity (Wildman–Crippen MR) is 137 cm³/mol. The number of hydrogen-bond acceptors (Lipinski definition) is 5. The van der Waals surface area contributed by atoms with E-state index in [4.69, 9.17) is 4.74 Å². The molecule has 0 aliphatic heterocycles. The third-order valence-electron chi connectivity index (χ3n) is 5.49. The topological polar surface area (TPSA) is 96.0 Å². The van der Waals surface area contributed by atoms with Gasteiger partial charge in [-0.3, -0.25) is 9.59 Å². The molecule has 0 radical (unpaired) electrons. The molecule has 0 aliphatic rings. The van der Waals surface area contributed by atoms with Crippen LogP contribution in [0, 0.1) is 5.82 Å². The van der Waals surface area contributed by atoms with Gasteiger partial charge in [0.1, 0.15) is 11.9 Å². The number of amides is 2. The van der Waals surface area contributed by atoms with Gasteiger partial charge in [-0.2, -0.15) is 4.31 Å². The van der Waals surface area contributed by atoms with Gasteiger partial charge >= 0.3 is 0 Å². The Morgan fingerprint density at radius 2 is 1.58 bits per heavy atom. The molecule has 10 heteroatoms. The number of sulfonamides is 1. The van der Waals surface area contributed by atoms with Crippen molar-refractivity contribution in [2.45, 2.75) is 52.4 Å². The molecule has 0 heterocycles. The fourth-order valence-electron chi connectivity index (χ4n) is 3.44. The predicted octanol–water partition coefficient (Wildman–Crippen LogP) is 2.94. The van der Waals surface area contributed by atoms with E-state index in [2.05, 4.69) is 5.32 Å². The Labute approximate surface area is 213 Å². The molecule has 0 fully saturated rings. The van der Waals surface area contributed by atoms with Crippen molar-refractivity contribution in [2.24, 2.45) is 0 Å². The first-order chi connectivity index (χ1) is 17.0. The van der Waals surface area contributed by atoms with E-state index in [0.717, 1.165) is 16.1 Å². The zero-order valence-electron chi connectivity index (χ0n) is 21.3. The van der Waals surface area contributed by atoms with E-state index >= 15 is 0 Å². The maximum Gasteiger partial charge on any atom is 0.242 e. The Kier molecular flexibility index (Phi) is 11.5. The van der Waals surface area contributed by atoms with Gasteiger partial charge in [-0.25, -0.2) is 12.8 Å². The molecule has 0 unspecified atom stereocenters. The highest BCUT2D eigenvalue weighted by Crippen LogP contribution is 2.14. The van der Waals surface area contributed by atoms with Crippen LogP contribution in [-0.2, 0) is 37.4 Å². The normalized spacial score (nSPS) is 12.5. The van der Waals surface area contributed by atoms with Crippen molar-refractivity contribution in [3.05, 3.63) is 71.5 Å². The average Bonchev–Trinajstić information content (AvgIpc) is 2.82. The number of halogens is 1. The van der Waals surface area contributed by atoms with Crippen LogP contribution in [0.5, 0.6) is 0 Å². The molecule has 8 nitrogen and oxygen atoms in total. The van der Waals surface area contributed by atoms with Gasteiger partial charge in [-0.15, -0.1) is 0 Å². The van der Waals surface area contributed by atoms with Crippen LogP contribution < -0.4 is 5.32 Å². The second-order valence-corrected chi connectivity index (χ2v) is 10.9. The van der Waals surface area contributed by atoms with E-state index < -0.39 is 34.3 Å². The van der Waals surface area contributed by atoms with Gasteiger partial charge in [0.2, 0.25) is 21.8 Å². The lowest BCUT2D eigenvalue weighted by atomic mass is 10.1. The molecule has 0 aliphatic carbocycles. The van der Waals surface area contributed by atoms with E-state index in [1.54, 1.807) is 31.2 Å². The lowest BCUT2D eigenvalue weighted by Gasteiger charge is -2.31. The van der Waals surface area contributed by atoms with Crippen LogP contribution in [0.1, 0.15) is 38.3 Å². The molecule has 2 amide bonds. The van der Waals surface area contributed by atoms with Crippen molar-refractivity contribution in [3.63, 3.8) is 0 Å². The first-order valence-corrected chi connectivity index (χ1v) is 13.7. The third kappa shape index (κ3) is 10.0. The summed E-state index contributed by atoms with van der Waals surface area (Å²) < 4.78 is 44.9. The molecule has 2 aromatic carbocycles. The molecule has 2 rings (SSSR count). The van der Waals surface area contributed by atoms with Crippen LogP contribution in [0.25, 0.3) is 0 Å². The smallest absolute Gasteiger partial charge is 0.242 e. The SMILES string of the molecule is CC(C)OCCCNC(=O)[C@H](C)N(Cc1ccc(F)cc1)C(=O)CN(Cc1ccccc1)S(C)(=O)=O. The molecule has 36 heavy (non-hydrogen) atoms. The summed E-state index contributed by atoms with van der Waals surface area (Å²) in [7, 11) is -3.72. The Morgan fingerprint density at radius 1 is 0.972 bits per heavy atom. The van der Waals surface area contributed by atoms with Crippen molar-refractivity contribution in [1.29, 1.82) is 0 Å². The molecule has 1 N–H and O–H groups in total.